The molecular formula is C13H17N3O2. The van der Waals surface area contributed by atoms with Gasteiger partial charge in [0.15, 0.2) is 0 Å². The third-order valence-corrected chi connectivity index (χ3v) is 2.91. The molecule has 2 rings (SSSR count). The van der Waals surface area contributed by atoms with Crippen molar-refractivity contribution in [3.05, 3.63) is 34.6 Å². The zero-order chi connectivity index (χ0) is 12.8. The second-order valence-corrected chi connectivity index (χ2v) is 4.27. The summed E-state index contributed by atoms with van der Waals surface area (Å²) in [7, 11) is 0. The molecule has 0 radical (unpaired) electrons. The SMILES string of the molecule is O=c1c2ccccc2nnn1CCCCCCO. The fourth-order valence-corrected chi connectivity index (χ4v) is 1.90. The van der Waals surface area contributed by atoms with Crippen LogP contribution in [0.3, 0.4) is 0 Å². The molecule has 0 amide bonds. The Balaban J connectivity index is 2.05. The van der Waals surface area contributed by atoms with Gasteiger partial charge in [-0.15, -0.1) is 5.10 Å². The fraction of sp³-hybridized carbons (Fsp3) is 0.462. The fourth-order valence-electron chi connectivity index (χ4n) is 1.90. The van der Waals surface area contributed by atoms with E-state index in [1.807, 2.05) is 12.1 Å². The van der Waals surface area contributed by atoms with E-state index < -0.39 is 0 Å². The van der Waals surface area contributed by atoms with Gasteiger partial charge in [0.1, 0.15) is 5.52 Å². The van der Waals surface area contributed by atoms with Crippen molar-refractivity contribution >= 4 is 10.9 Å². The van der Waals surface area contributed by atoms with Gasteiger partial charge in [0.25, 0.3) is 5.56 Å². The molecule has 96 valence electrons. The molecule has 0 bridgehead atoms. The van der Waals surface area contributed by atoms with Crippen molar-refractivity contribution in [2.75, 3.05) is 6.61 Å². The molecule has 1 heterocycles. The largest absolute Gasteiger partial charge is 0.396 e. The van der Waals surface area contributed by atoms with Crippen molar-refractivity contribution in [3.63, 3.8) is 0 Å². The number of benzene rings is 1. The molecule has 1 aromatic heterocycles. The summed E-state index contributed by atoms with van der Waals surface area (Å²) >= 11 is 0. The van der Waals surface area contributed by atoms with E-state index in [0.717, 1.165) is 25.7 Å². The monoisotopic (exact) mass is 247 g/mol. The highest BCUT2D eigenvalue weighted by atomic mass is 16.2. The number of fused-ring (bicyclic) bond motifs is 1. The summed E-state index contributed by atoms with van der Waals surface area (Å²) in [5.74, 6) is 0. The van der Waals surface area contributed by atoms with Crippen molar-refractivity contribution in [2.45, 2.75) is 32.2 Å². The lowest BCUT2D eigenvalue weighted by molar-refractivity contribution is 0.281. The van der Waals surface area contributed by atoms with Gasteiger partial charge in [-0.2, -0.15) is 0 Å². The van der Waals surface area contributed by atoms with E-state index in [-0.39, 0.29) is 12.2 Å². The molecular weight excluding hydrogens is 230 g/mol. The van der Waals surface area contributed by atoms with Crippen LogP contribution >= 0.6 is 0 Å². The number of unbranched alkanes of at least 4 members (excludes halogenated alkanes) is 3. The number of rotatable bonds is 6. The Morgan fingerprint density at radius 3 is 2.72 bits per heavy atom. The van der Waals surface area contributed by atoms with Crippen LogP contribution in [0.25, 0.3) is 10.9 Å². The van der Waals surface area contributed by atoms with Crippen LogP contribution in [0.15, 0.2) is 29.1 Å². The van der Waals surface area contributed by atoms with Crippen molar-refractivity contribution in [1.82, 2.24) is 15.0 Å². The van der Waals surface area contributed by atoms with Gasteiger partial charge >= 0.3 is 0 Å². The Kier molecular flexibility index (Phi) is 4.41. The van der Waals surface area contributed by atoms with Crippen LogP contribution in [0, 0.1) is 0 Å². The van der Waals surface area contributed by atoms with E-state index >= 15 is 0 Å². The molecule has 0 atom stereocenters. The molecule has 5 nitrogen and oxygen atoms in total. The average molecular weight is 247 g/mol. The van der Waals surface area contributed by atoms with Gasteiger partial charge in [-0.3, -0.25) is 4.79 Å². The molecule has 18 heavy (non-hydrogen) atoms. The maximum absolute atomic E-state index is 12.1. The molecule has 5 heteroatoms. The summed E-state index contributed by atoms with van der Waals surface area (Å²) < 4.78 is 1.42. The van der Waals surface area contributed by atoms with Gasteiger partial charge in [-0.25, -0.2) is 4.68 Å². The smallest absolute Gasteiger partial charge is 0.277 e. The summed E-state index contributed by atoms with van der Waals surface area (Å²) in [4.78, 5) is 12.1. The van der Waals surface area contributed by atoms with Crippen molar-refractivity contribution in [3.8, 4) is 0 Å². The standard InChI is InChI=1S/C13H17N3O2/c17-10-6-2-1-5-9-16-13(18)11-7-3-4-8-12(11)14-15-16/h3-4,7-8,17H,1-2,5-6,9-10H2. The number of aliphatic hydroxyl groups is 1. The molecule has 0 fully saturated rings. The van der Waals surface area contributed by atoms with Gasteiger partial charge in [0, 0.05) is 13.2 Å². The van der Waals surface area contributed by atoms with Crippen LogP contribution in [0.4, 0.5) is 0 Å². The number of aliphatic hydroxyl groups excluding tert-OH is 1. The Labute approximate surface area is 105 Å². The maximum Gasteiger partial charge on any atom is 0.277 e. The van der Waals surface area contributed by atoms with E-state index in [9.17, 15) is 4.79 Å². The average Bonchev–Trinajstić information content (AvgIpc) is 2.41. The molecule has 1 N–H and O–H groups in total. The van der Waals surface area contributed by atoms with Gasteiger partial charge in [-0.1, -0.05) is 30.2 Å². The lowest BCUT2D eigenvalue weighted by Gasteiger charge is -2.04. The van der Waals surface area contributed by atoms with Crippen LogP contribution in [0.5, 0.6) is 0 Å². The minimum atomic E-state index is -0.0808. The van der Waals surface area contributed by atoms with Gasteiger partial charge in [0.05, 0.1) is 5.39 Å². The molecule has 0 aliphatic rings. The predicted octanol–water partition coefficient (Wildman–Crippen LogP) is 1.34. The van der Waals surface area contributed by atoms with Crippen LogP contribution < -0.4 is 5.56 Å². The number of nitrogens with zero attached hydrogens (tertiary/aromatic N) is 3. The number of hydrogen-bond donors (Lipinski definition) is 1. The van der Waals surface area contributed by atoms with E-state index in [2.05, 4.69) is 10.3 Å². The molecule has 0 saturated carbocycles. The molecule has 1 aromatic carbocycles. The number of aromatic nitrogens is 3. The van der Waals surface area contributed by atoms with Crippen LogP contribution in [-0.2, 0) is 6.54 Å². The van der Waals surface area contributed by atoms with E-state index in [1.54, 1.807) is 12.1 Å². The molecule has 0 unspecified atom stereocenters. The Morgan fingerprint density at radius 2 is 1.89 bits per heavy atom. The van der Waals surface area contributed by atoms with E-state index in [1.165, 1.54) is 4.68 Å². The highest BCUT2D eigenvalue weighted by Crippen LogP contribution is 2.04. The Morgan fingerprint density at radius 1 is 1.11 bits per heavy atom. The molecule has 0 aliphatic carbocycles. The first kappa shape index (κ1) is 12.7. The number of aryl methyl sites for hydroxylation is 1. The Hall–Kier alpha value is -1.75. The highest BCUT2D eigenvalue weighted by Gasteiger charge is 2.03. The summed E-state index contributed by atoms with van der Waals surface area (Å²) in [6.07, 6.45) is 3.67. The maximum atomic E-state index is 12.1. The summed E-state index contributed by atoms with van der Waals surface area (Å²) in [5, 5.41) is 17.2. The minimum Gasteiger partial charge on any atom is -0.396 e. The van der Waals surface area contributed by atoms with Crippen molar-refractivity contribution < 1.29 is 5.11 Å². The molecule has 0 saturated heterocycles. The lowest BCUT2D eigenvalue weighted by Crippen LogP contribution is -2.24. The first-order valence-corrected chi connectivity index (χ1v) is 6.26. The van der Waals surface area contributed by atoms with E-state index in [4.69, 9.17) is 5.11 Å². The minimum absolute atomic E-state index is 0.0808. The van der Waals surface area contributed by atoms with Gasteiger partial charge in [-0.05, 0) is 25.0 Å². The van der Waals surface area contributed by atoms with Crippen molar-refractivity contribution in [2.24, 2.45) is 0 Å². The quantitative estimate of drug-likeness (QED) is 0.782. The first-order chi connectivity index (χ1) is 8.83. The zero-order valence-electron chi connectivity index (χ0n) is 10.2. The molecule has 2 aromatic rings. The van der Waals surface area contributed by atoms with Crippen LogP contribution in [0.1, 0.15) is 25.7 Å². The topological polar surface area (TPSA) is 68.0 Å². The second-order valence-electron chi connectivity index (χ2n) is 4.27. The van der Waals surface area contributed by atoms with Crippen LogP contribution in [-0.4, -0.2) is 26.7 Å². The first-order valence-electron chi connectivity index (χ1n) is 6.26. The van der Waals surface area contributed by atoms with Crippen molar-refractivity contribution in [1.29, 1.82) is 0 Å². The second kappa shape index (κ2) is 6.26. The Bertz CT molecular complexity index is 565. The van der Waals surface area contributed by atoms with E-state index in [0.29, 0.717) is 17.4 Å². The third kappa shape index (κ3) is 2.92. The zero-order valence-corrected chi connectivity index (χ0v) is 10.2. The predicted molar refractivity (Wildman–Crippen MR) is 69.4 cm³/mol. The summed E-state index contributed by atoms with van der Waals surface area (Å²) in [5.41, 5.74) is 0.557. The highest BCUT2D eigenvalue weighted by molar-refractivity contribution is 5.76. The third-order valence-electron chi connectivity index (χ3n) is 2.91. The summed E-state index contributed by atoms with van der Waals surface area (Å²) in [6.45, 7) is 0.817. The molecule has 0 spiro atoms. The number of hydrogen-bond acceptors (Lipinski definition) is 4. The van der Waals surface area contributed by atoms with Crippen LogP contribution in [0.2, 0.25) is 0 Å². The van der Waals surface area contributed by atoms with Gasteiger partial charge < -0.3 is 5.11 Å². The molecule has 0 aliphatic heterocycles. The normalized spacial score (nSPS) is 10.9. The van der Waals surface area contributed by atoms with Gasteiger partial charge in [0.2, 0.25) is 0 Å². The lowest BCUT2D eigenvalue weighted by atomic mass is 10.2. The summed E-state index contributed by atoms with van der Waals surface area (Å²) in [6, 6.07) is 7.23.